The lowest BCUT2D eigenvalue weighted by atomic mass is 9.91. The van der Waals surface area contributed by atoms with E-state index >= 15 is 0 Å². The topological polar surface area (TPSA) is 25.2 Å². The van der Waals surface area contributed by atoms with Gasteiger partial charge >= 0.3 is 0 Å². The van der Waals surface area contributed by atoms with Gasteiger partial charge in [-0.15, -0.1) is 0 Å². The molecule has 2 nitrogen and oxygen atoms in total. The molecule has 37 heavy (non-hydrogen) atoms. The highest BCUT2D eigenvalue weighted by Crippen LogP contribution is 2.38. The maximum atomic E-state index is 14.1. The van der Waals surface area contributed by atoms with E-state index in [0.29, 0.717) is 0 Å². The molecule has 3 heteroatoms. The van der Waals surface area contributed by atoms with Crippen molar-refractivity contribution < 1.29 is 8.81 Å². The van der Waals surface area contributed by atoms with Gasteiger partial charge in [-0.2, -0.15) is 0 Å². The molecule has 0 saturated heterocycles. The molecule has 1 heterocycles. The molecule has 176 valence electrons. The Hall–Kier alpha value is -4.89. The van der Waals surface area contributed by atoms with Crippen molar-refractivity contribution >= 4 is 44.1 Å². The first kappa shape index (κ1) is 21.4. The second kappa shape index (κ2) is 8.65. The number of rotatable bonds is 4. The summed E-state index contributed by atoms with van der Waals surface area (Å²) in [6, 6.07) is 42.0. The quantitative estimate of drug-likeness (QED) is 0.272. The molecule has 6 aromatic carbocycles. The monoisotopic (exact) mass is 479 g/mol. The number of nitrogens with one attached hydrogen (secondary N) is 1. The molecule has 0 atom stereocenters. The number of para-hydroxylation sites is 1. The van der Waals surface area contributed by atoms with E-state index in [1.54, 1.807) is 12.1 Å². The van der Waals surface area contributed by atoms with Crippen LogP contribution in [0.25, 0.3) is 55.0 Å². The summed E-state index contributed by atoms with van der Waals surface area (Å²) in [5.74, 6) is -0.236. The van der Waals surface area contributed by atoms with Crippen LogP contribution in [0.5, 0.6) is 0 Å². The lowest BCUT2D eigenvalue weighted by molar-refractivity contribution is 0.628. The van der Waals surface area contributed by atoms with Gasteiger partial charge in [0.2, 0.25) is 0 Å². The average molecular weight is 480 g/mol. The zero-order chi connectivity index (χ0) is 24.8. The van der Waals surface area contributed by atoms with Crippen LogP contribution in [0, 0.1) is 5.82 Å². The third kappa shape index (κ3) is 3.82. The zero-order valence-corrected chi connectivity index (χ0v) is 19.9. The van der Waals surface area contributed by atoms with Crippen molar-refractivity contribution in [2.75, 3.05) is 5.32 Å². The minimum atomic E-state index is -0.236. The third-order valence-electron chi connectivity index (χ3n) is 6.88. The Morgan fingerprint density at radius 1 is 0.514 bits per heavy atom. The van der Waals surface area contributed by atoms with E-state index < -0.39 is 0 Å². The van der Waals surface area contributed by atoms with Crippen LogP contribution in [0.1, 0.15) is 0 Å². The van der Waals surface area contributed by atoms with Crippen molar-refractivity contribution in [1.29, 1.82) is 0 Å². The van der Waals surface area contributed by atoms with Gasteiger partial charge < -0.3 is 9.73 Å². The summed E-state index contributed by atoms with van der Waals surface area (Å²) in [6.07, 6.45) is 0. The van der Waals surface area contributed by atoms with Gasteiger partial charge in [-0.05, 0) is 75.5 Å². The molecule has 0 aliphatic rings. The van der Waals surface area contributed by atoms with Gasteiger partial charge in [0, 0.05) is 28.2 Å². The SMILES string of the molecule is Fc1cccc(-c2cccc3cccc(-c4cccc(Nc5ccc6c(c5)oc5ccccc56)c4)c23)c1. The molecule has 0 unspecified atom stereocenters. The van der Waals surface area contributed by atoms with E-state index in [1.807, 2.05) is 36.4 Å². The van der Waals surface area contributed by atoms with E-state index in [2.05, 4.69) is 78.1 Å². The summed E-state index contributed by atoms with van der Waals surface area (Å²) >= 11 is 0. The smallest absolute Gasteiger partial charge is 0.137 e. The van der Waals surface area contributed by atoms with Crippen LogP contribution in [-0.4, -0.2) is 0 Å². The number of anilines is 2. The summed E-state index contributed by atoms with van der Waals surface area (Å²) in [7, 11) is 0. The van der Waals surface area contributed by atoms with E-state index in [4.69, 9.17) is 4.42 Å². The second-order valence-corrected chi connectivity index (χ2v) is 9.23. The van der Waals surface area contributed by atoms with E-state index in [0.717, 1.165) is 66.3 Å². The minimum absolute atomic E-state index is 0.236. The van der Waals surface area contributed by atoms with Crippen LogP contribution in [0.2, 0.25) is 0 Å². The average Bonchev–Trinajstić information content (AvgIpc) is 3.30. The molecule has 0 amide bonds. The minimum Gasteiger partial charge on any atom is -0.456 e. The van der Waals surface area contributed by atoms with E-state index in [9.17, 15) is 4.39 Å². The first-order valence-corrected chi connectivity index (χ1v) is 12.3. The molecule has 0 saturated carbocycles. The van der Waals surface area contributed by atoms with Crippen molar-refractivity contribution in [2.45, 2.75) is 0 Å². The Morgan fingerprint density at radius 2 is 1.19 bits per heavy atom. The van der Waals surface area contributed by atoms with Crippen LogP contribution < -0.4 is 5.32 Å². The summed E-state index contributed by atoms with van der Waals surface area (Å²) in [6.45, 7) is 0. The second-order valence-electron chi connectivity index (χ2n) is 9.23. The molecule has 0 fully saturated rings. The molecule has 1 N–H and O–H groups in total. The summed E-state index contributed by atoms with van der Waals surface area (Å²) in [5, 5.41) is 8.00. The molecule has 1 aromatic heterocycles. The van der Waals surface area contributed by atoms with E-state index in [1.165, 1.54) is 6.07 Å². The van der Waals surface area contributed by atoms with Crippen LogP contribution in [0.3, 0.4) is 0 Å². The predicted octanol–water partition coefficient (Wildman–Crippen LogP) is 9.96. The number of hydrogen-bond acceptors (Lipinski definition) is 2. The van der Waals surface area contributed by atoms with E-state index in [-0.39, 0.29) is 5.82 Å². The number of halogens is 1. The number of hydrogen-bond donors (Lipinski definition) is 1. The molecular formula is C34H22FNO. The van der Waals surface area contributed by atoms with Gasteiger partial charge in [-0.25, -0.2) is 4.39 Å². The molecule has 0 radical (unpaired) electrons. The molecular weight excluding hydrogens is 457 g/mol. The number of benzene rings is 6. The normalized spacial score (nSPS) is 11.4. The van der Waals surface area contributed by atoms with Crippen LogP contribution in [0.15, 0.2) is 132 Å². The Morgan fingerprint density at radius 3 is 2.00 bits per heavy atom. The summed E-state index contributed by atoms with van der Waals surface area (Å²) < 4.78 is 20.1. The lowest BCUT2D eigenvalue weighted by Gasteiger charge is -2.14. The third-order valence-corrected chi connectivity index (χ3v) is 6.88. The van der Waals surface area contributed by atoms with Crippen molar-refractivity contribution in [3.63, 3.8) is 0 Å². The standard InChI is InChI=1S/C34H22FNO/c35-25-11-3-9-23(19-25)28-14-5-7-22-8-6-15-29(34(22)28)24-10-4-12-26(20-24)36-27-17-18-31-30-13-1-2-16-32(30)37-33(31)21-27/h1-21,36H. The zero-order valence-electron chi connectivity index (χ0n) is 19.9. The summed E-state index contributed by atoms with van der Waals surface area (Å²) in [5.41, 5.74) is 7.76. The number of fused-ring (bicyclic) bond motifs is 4. The van der Waals surface area contributed by atoms with Gasteiger partial charge in [-0.1, -0.05) is 78.9 Å². The van der Waals surface area contributed by atoms with Gasteiger partial charge in [0.25, 0.3) is 0 Å². The first-order valence-electron chi connectivity index (χ1n) is 12.3. The highest BCUT2D eigenvalue weighted by Gasteiger charge is 2.12. The van der Waals surface area contributed by atoms with Gasteiger partial charge in [0.15, 0.2) is 0 Å². The molecule has 0 bridgehead atoms. The fourth-order valence-electron chi connectivity index (χ4n) is 5.21. The highest BCUT2D eigenvalue weighted by atomic mass is 19.1. The van der Waals surface area contributed by atoms with Crippen molar-refractivity contribution in [3.8, 4) is 22.3 Å². The Labute approximate surface area is 213 Å². The lowest BCUT2D eigenvalue weighted by Crippen LogP contribution is -1.91. The molecule has 0 aliphatic carbocycles. The molecule has 7 rings (SSSR count). The Bertz CT molecular complexity index is 1930. The Balaban J connectivity index is 1.30. The van der Waals surface area contributed by atoms with Crippen molar-refractivity contribution in [3.05, 3.63) is 133 Å². The van der Waals surface area contributed by atoms with Gasteiger partial charge in [0.1, 0.15) is 17.0 Å². The van der Waals surface area contributed by atoms with Crippen LogP contribution in [0.4, 0.5) is 15.8 Å². The predicted molar refractivity (Wildman–Crippen MR) is 152 cm³/mol. The number of furan rings is 1. The van der Waals surface area contributed by atoms with Crippen molar-refractivity contribution in [1.82, 2.24) is 0 Å². The van der Waals surface area contributed by atoms with Crippen LogP contribution >= 0.6 is 0 Å². The summed E-state index contributed by atoms with van der Waals surface area (Å²) in [4.78, 5) is 0. The van der Waals surface area contributed by atoms with Gasteiger partial charge in [-0.3, -0.25) is 0 Å². The molecule has 0 aliphatic heterocycles. The fourth-order valence-corrected chi connectivity index (χ4v) is 5.21. The fraction of sp³-hybridized carbons (Fsp3) is 0. The Kier molecular flexibility index (Phi) is 5.00. The molecule has 0 spiro atoms. The molecule has 7 aromatic rings. The largest absolute Gasteiger partial charge is 0.456 e. The maximum Gasteiger partial charge on any atom is 0.137 e. The maximum absolute atomic E-state index is 14.1. The first-order chi connectivity index (χ1) is 18.2. The van der Waals surface area contributed by atoms with Crippen LogP contribution in [-0.2, 0) is 0 Å². The highest BCUT2D eigenvalue weighted by molar-refractivity contribution is 6.07. The van der Waals surface area contributed by atoms with Crippen molar-refractivity contribution in [2.24, 2.45) is 0 Å². The van der Waals surface area contributed by atoms with Gasteiger partial charge in [0.05, 0.1) is 0 Å².